The predicted molar refractivity (Wildman–Crippen MR) is 100 cm³/mol. The van der Waals surface area contributed by atoms with Gasteiger partial charge in [-0.15, -0.1) is 0 Å². The van der Waals surface area contributed by atoms with E-state index in [1.165, 1.54) is 26.4 Å². The third-order valence-corrected chi connectivity index (χ3v) is 3.86. The van der Waals surface area contributed by atoms with Gasteiger partial charge in [0, 0.05) is 11.6 Å². The van der Waals surface area contributed by atoms with Gasteiger partial charge < -0.3 is 25.8 Å². The summed E-state index contributed by atoms with van der Waals surface area (Å²) < 4.78 is 37.1. The molecule has 2 amide bonds. The highest BCUT2D eigenvalue weighted by Crippen LogP contribution is 2.33. The second kappa shape index (κ2) is 9.14. The number of methoxy groups -OCH3 is 2. The number of carbonyl (C=O) groups excluding carboxylic acids is 2. The molecular weight excluding hydrogens is 372 g/mol. The van der Waals surface area contributed by atoms with Crippen molar-refractivity contribution in [3.05, 3.63) is 53.6 Å². The number of alkyl halides is 2. The summed E-state index contributed by atoms with van der Waals surface area (Å²) in [4.78, 5) is 24.9. The number of carbonyl (C=O) groups is 2. The van der Waals surface area contributed by atoms with Crippen LogP contribution in [0.5, 0.6) is 11.5 Å². The molecular formula is C19H21F2N3O4. The third-order valence-electron chi connectivity index (χ3n) is 3.86. The molecule has 0 saturated heterocycles. The van der Waals surface area contributed by atoms with Crippen LogP contribution in [0.15, 0.2) is 42.5 Å². The molecule has 0 aliphatic heterocycles. The molecule has 2 aromatic carbocycles. The number of nitrogens with two attached hydrogens (primary N) is 1. The molecule has 2 aromatic rings. The van der Waals surface area contributed by atoms with Crippen LogP contribution in [0.3, 0.4) is 0 Å². The second-order valence-electron chi connectivity index (χ2n) is 5.82. The van der Waals surface area contributed by atoms with Gasteiger partial charge in [-0.25, -0.2) is 8.78 Å². The summed E-state index contributed by atoms with van der Waals surface area (Å²) in [7, 11) is 2.76. The number of amides is 2. The van der Waals surface area contributed by atoms with Gasteiger partial charge in [0.2, 0.25) is 0 Å². The Morgan fingerprint density at radius 1 is 1.04 bits per heavy atom. The first-order chi connectivity index (χ1) is 13.3. The van der Waals surface area contributed by atoms with Crippen molar-refractivity contribution in [3.8, 4) is 11.5 Å². The topological polar surface area (TPSA) is 103 Å². The molecule has 28 heavy (non-hydrogen) atoms. The van der Waals surface area contributed by atoms with E-state index in [4.69, 9.17) is 15.2 Å². The standard InChI is InChI=1S/C19H21F2N3O4/c1-27-15-8-13(18(26)23-11-19(20,21)10-22)14(9-16(15)28-2)24-17(25)12-6-4-3-5-7-12/h3-9H,10-11,22H2,1-2H3,(H,23,26)(H,24,25). The van der Waals surface area contributed by atoms with E-state index < -0.39 is 30.8 Å². The third kappa shape index (κ3) is 5.17. The highest BCUT2D eigenvalue weighted by molar-refractivity contribution is 6.09. The average molecular weight is 393 g/mol. The van der Waals surface area contributed by atoms with E-state index in [9.17, 15) is 18.4 Å². The van der Waals surface area contributed by atoms with Crippen molar-refractivity contribution >= 4 is 17.5 Å². The highest BCUT2D eigenvalue weighted by Gasteiger charge is 2.28. The first-order valence-corrected chi connectivity index (χ1v) is 8.30. The smallest absolute Gasteiger partial charge is 0.277 e. The Morgan fingerprint density at radius 2 is 1.64 bits per heavy atom. The fraction of sp³-hybridized carbons (Fsp3) is 0.263. The fourth-order valence-corrected chi connectivity index (χ4v) is 2.33. The minimum absolute atomic E-state index is 0.0604. The summed E-state index contributed by atoms with van der Waals surface area (Å²) in [5.41, 5.74) is 5.36. The van der Waals surface area contributed by atoms with Crippen LogP contribution >= 0.6 is 0 Å². The zero-order valence-electron chi connectivity index (χ0n) is 15.4. The Hall–Kier alpha value is -3.20. The summed E-state index contributed by atoms with van der Waals surface area (Å²) in [6.07, 6.45) is 0. The van der Waals surface area contributed by atoms with Crippen molar-refractivity contribution in [2.24, 2.45) is 5.73 Å². The highest BCUT2D eigenvalue weighted by atomic mass is 19.3. The number of hydrogen-bond acceptors (Lipinski definition) is 5. The normalized spacial score (nSPS) is 10.9. The molecule has 150 valence electrons. The molecule has 0 saturated carbocycles. The maximum atomic E-state index is 13.4. The predicted octanol–water partition coefficient (Wildman–Crippen LogP) is 2.28. The van der Waals surface area contributed by atoms with Gasteiger partial charge in [0.15, 0.2) is 11.5 Å². The maximum absolute atomic E-state index is 13.4. The first kappa shape index (κ1) is 21.1. The van der Waals surface area contributed by atoms with Crippen LogP contribution in [-0.2, 0) is 0 Å². The van der Waals surface area contributed by atoms with E-state index in [0.29, 0.717) is 5.56 Å². The molecule has 0 atom stereocenters. The summed E-state index contributed by atoms with van der Waals surface area (Å²) >= 11 is 0. The van der Waals surface area contributed by atoms with Gasteiger partial charge in [0.25, 0.3) is 17.7 Å². The van der Waals surface area contributed by atoms with Crippen molar-refractivity contribution in [2.75, 3.05) is 32.6 Å². The molecule has 0 heterocycles. The van der Waals surface area contributed by atoms with Gasteiger partial charge >= 0.3 is 0 Å². The van der Waals surface area contributed by atoms with Crippen LogP contribution in [-0.4, -0.2) is 45.0 Å². The molecule has 9 heteroatoms. The molecule has 0 radical (unpaired) electrons. The zero-order chi connectivity index (χ0) is 20.7. The molecule has 0 aromatic heterocycles. The van der Waals surface area contributed by atoms with Crippen molar-refractivity contribution < 1.29 is 27.8 Å². The van der Waals surface area contributed by atoms with E-state index in [0.717, 1.165) is 0 Å². The summed E-state index contributed by atoms with van der Waals surface area (Å²) in [6.45, 7) is -1.85. The lowest BCUT2D eigenvalue weighted by molar-refractivity contribution is 0.0118. The molecule has 0 bridgehead atoms. The Morgan fingerprint density at radius 3 is 2.21 bits per heavy atom. The van der Waals surface area contributed by atoms with Crippen LogP contribution in [0.25, 0.3) is 0 Å². The summed E-state index contributed by atoms with van der Waals surface area (Å²) in [5, 5.41) is 4.71. The van der Waals surface area contributed by atoms with Crippen LogP contribution in [0.4, 0.5) is 14.5 Å². The number of rotatable bonds is 8. The van der Waals surface area contributed by atoms with Crippen LogP contribution in [0.2, 0.25) is 0 Å². The largest absolute Gasteiger partial charge is 0.493 e. The Kier molecular flexibility index (Phi) is 6.89. The lowest BCUT2D eigenvalue weighted by Gasteiger charge is -2.18. The lowest BCUT2D eigenvalue weighted by Crippen LogP contribution is -2.41. The number of anilines is 1. The number of hydrogen-bond donors (Lipinski definition) is 3. The van der Waals surface area contributed by atoms with Crippen LogP contribution < -0.4 is 25.8 Å². The zero-order valence-corrected chi connectivity index (χ0v) is 15.4. The number of benzene rings is 2. The van der Waals surface area contributed by atoms with Crippen LogP contribution in [0.1, 0.15) is 20.7 Å². The van der Waals surface area contributed by atoms with Crippen molar-refractivity contribution in [2.45, 2.75) is 5.92 Å². The Bertz CT molecular complexity index is 845. The van der Waals surface area contributed by atoms with Crippen molar-refractivity contribution in [1.82, 2.24) is 5.32 Å². The molecule has 4 N–H and O–H groups in total. The Balaban J connectivity index is 2.36. The number of nitrogens with one attached hydrogen (secondary N) is 2. The van der Waals surface area contributed by atoms with Gasteiger partial charge in [-0.2, -0.15) is 0 Å². The fourth-order valence-electron chi connectivity index (χ4n) is 2.33. The van der Waals surface area contributed by atoms with Gasteiger partial charge in [-0.05, 0) is 18.2 Å². The molecule has 0 fully saturated rings. The summed E-state index contributed by atoms with van der Waals surface area (Å²) in [5.74, 6) is -4.09. The monoisotopic (exact) mass is 393 g/mol. The van der Waals surface area contributed by atoms with E-state index in [2.05, 4.69) is 10.6 Å². The molecule has 0 unspecified atom stereocenters. The van der Waals surface area contributed by atoms with Gasteiger partial charge in [-0.3, -0.25) is 9.59 Å². The van der Waals surface area contributed by atoms with Gasteiger partial charge in [0.1, 0.15) is 0 Å². The van der Waals surface area contributed by atoms with E-state index >= 15 is 0 Å². The minimum atomic E-state index is -3.25. The van der Waals surface area contributed by atoms with Crippen molar-refractivity contribution in [3.63, 3.8) is 0 Å². The Labute approximate surface area is 160 Å². The van der Waals surface area contributed by atoms with Crippen molar-refractivity contribution in [1.29, 1.82) is 0 Å². The molecule has 7 nitrogen and oxygen atoms in total. The minimum Gasteiger partial charge on any atom is -0.493 e. The number of halogens is 2. The molecule has 0 spiro atoms. The van der Waals surface area contributed by atoms with Crippen LogP contribution in [0, 0.1) is 0 Å². The average Bonchev–Trinajstić information content (AvgIpc) is 2.72. The van der Waals surface area contributed by atoms with Gasteiger partial charge in [-0.1, -0.05) is 18.2 Å². The molecule has 0 aliphatic rings. The van der Waals surface area contributed by atoms with E-state index in [1.807, 2.05) is 0 Å². The van der Waals surface area contributed by atoms with E-state index in [1.54, 1.807) is 30.3 Å². The summed E-state index contributed by atoms with van der Waals surface area (Å²) in [6, 6.07) is 11.0. The molecule has 0 aliphatic carbocycles. The maximum Gasteiger partial charge on any atom is 0.277 e. The van der Waals surface area contributed by atoms with Gasteiger partial charge in [0.05, 0.1) is 38.6 Å². The lowest BCUT2D eigenvalue weighted by atomic mass is 10.1. The van der Waals surface area contributed by atoms with E-state index in [-0.39, 0.29) is 22.7 Å². The first-order valence-electron chi connectivity index (χ1n) is 8.30. The number of ether oxygens (including phenoxy) is 2. The quantitative estimate of drug-likeness (QED) is 0.639. The second-order valence-corrected chi connectivity index (χ2v) is 5.82. The SMILES string of the molecule is COc1cc(NC(=O)c2ccccc2)c(C(=O)NCC(F)(F)CN)cc1OC. The molecule has 2 rings (SSSR count).